The van der Waals surface area contributed by atoms with Crippen LogP contribution in [-0.2, 0) is 4.84 Å². The van der Waals surface area contributed by atoms with E-state index in [4.69, 9.17) is 4.84 Å². The summed E-state index contributed by atoms with van der Waals surface area (Å²) in [5.74, 6) is 0. The quantitative estimate of drug-likeness (QED) is 0.754. The van der Waals surface area contributed by atoms with Crippen molar-refractivity contribution in [2.45, 2.75) is 32.9 Å². The third kappa shape index (κ3) is 2.34. The van der Waals surface area contributed by atoms with Gasteiger partial charge in [-0.2, -0.15) is 5.06 Å². The molecule has 1 aromatic rings. The second-order valence-corrected chi connectivity index (χ2v) is 4.47. The van der Waals surface area contributed by atoms with Gasteiger partial charge in [-0.3, -0.25) is 4.84 Å². The normalized spacial score (nSPS) is 22.2. The molecule has 2 heteroatoms. The summed E-state index contributed by atoms with van der Waals surface area (Å²) in [5, 5.41) is 2.02. The molecule has 1 aliphatic rings. The Balaban J connectivity index is 2.19. The average molecular weight is 217 g/mol. The van der Waals surface area contributed by atoms with Gasteiger partial charge in [-0.15, -0.1) is 0 Å². The third-order valence-electron chi connectivity index (χ3n) is 2.91. The Morgan fingerprint density at radius 1 is 1.25 bits per heavy atom. The molecule has 1 atom stereocenters. The van der Waals surface area contributed by atoms with E-state index in [0.717, 1.165) is 6.54 Å². The van der Waals surface area contributed by atoms with Crippen LogP contribution in [0.2, 0.25) is 0 Å². The molecule has 0 aliphatic carbocycles. The summed E-state index contributed by atoms with van der Waals surface area (Å²) < 4.78 is 0. The van der Waals surface area contributed by atoms with Crippen LogP contribution in [0.25, 0.3) is 5.57 Å². The highest BCUT2D eigenvalue weighted by atomic mass is 16.7. The molecule has 86 valence electrons. The first-order valence-electron chi connectivity index (χ1n) is 5.87. The number of nitrogens with zero attached hydrogens (tertiary/aromatic N) is 1. The molecule has 0 fully saturated rings. The summed E-state index contributed by atoms with van der Waals surface area (Å²) in [6, 6.07) is 10.9. The molecule has 2 nitrogen and oxygen atoms in total. The molecule has 0 amide bonds. The molecule has 0 N–H and O–H groups in total. The van der Waals surface area contributed by atoms with Crippen molar-refractivity contribution in [3.8, 4) is 0 Å². The first kappa shape index (κ1) is 11.4. The molecule has 0 radical (unpaired) electrons. The maximum absolute atomic E-state index is 5.88. The lowest BCUT2D eigenvalue weighted by atomic mass is 10.0. The molecule has 2 rings (SSSR count). The fourth-order valence-corrected chi connectivity index (χ4v) is 1.97. The molecule has 0 spiro atoms. The summed E-state index contributed by atoms with van der Waals surface area (Å²) >= 11 is 0. The van der Waals surface area contributed by atoms with Crippen molar-refractivity contribution in [1.82, 2.24) is 5.06 Å². The van der Waals surface area contributed by atoms with E-state index in [1.54, 1.807) is 0 Å². The van der Waals surface area contributed by atoms with Crippen LogP contribution in [0.15, 0.2) is 36.4 Å². The molecule has 1 unspecified atom stereocenters. The zero-order valence-electron chi connectivity index (χ0n) is 10.2. The van der Waals surface area contributed by atoms with Crippen LogP contribution in [0.1, 0.15) is 26.3 Å². The topological polar surface area (TPSA) is 12.5 Å². The summed E-state index contributed by atoms with van der Waals surface area (Å²) in [4.78, 5) is 5.88. The zero-order chi connectivity index (χ0) is 11.5. The van der Waals surface area contributed by atoms with Gasteiger partial charge in [0.25, 0.3) is 0 Å². The number of hydroxylamine groups is 2. The lowest BCUT2D eigenvalue weighted by molar-refractivity contribution is -0.193. The van der Waals surface area contributed by atoms with Gasteiger partial charge in [0.2, 0.25) is 0 Å². The number of benzene rings is 1. The number of rotatable bonds is 2. The van der Waals surface area contributed by atoms with Crippen molar-refractivity contribution in [2.75, 3.05) is 6.54 Å². The van der Waals surface area contributed by atoms with E-state index in [-0.39, 0.29) is 6.10 Å². The second kappa shape index (κ2) is 4.81. The van der Waals surface area contributed by atoms with Crippen molar-refractivity contribution >= 4 is 5.57 Å². The lowest BCUT2D eigenvalue weighted by Crippen LogP contribution is -2.38. The van der Waals surface area contributed by atoms with E-state index >= 15 is 0 Å². The number of hydrogen-bond acceptors (Lipinski definition) is 2. The smallest absolute Gasteiger partial charge is 0.102 e. The maximum Gasteiger partial charge on any atom is 0.102 e. The van der Waals surface area contributed by atoms with Crippen LogP contribution in [0.3, 0.4) is 0 Å². The second-order valence-electron chi connectivity index (χ2n) is 4.47. The first-order valence-corrected chi connectivity index (χ1v) is 5.87. The Labute approximate surface area is 97.5 Å². The van der Waals surface area contributed by atoms with Gasteiger partial charge >= 0.3 is 0 Å². The van der Waals surface area contributed by atoms with Gasteiger partial charge < -0.3 is 0 Å². The molecule has 0 aromatic heterocycles. The predicted molar refractivity (Wildman–Crippen MR) is 66.8 cm³/mol. The van der Waals surface area contributed by atoms with Gasteiger partial charge in [0.1, 0.15) is 6.10 Å². The van der Waals surface area contributed by atoms with E-state index in [2.05, 4.69) is 51.1 Å². The van der Waals surface area contributed by atoms with Crippen molar-refractivity contribution in [3.63, 3.8) is 0 Å². The minimum absolute atomic E-state index is 0.138. The molecular formula is C14H19NO. The molecule has 0 saturated carbocycles. The van der Waals surface area contributed by atoms with Crippen LogP contribution in [0.5, 0.6) is 0 Å². The summed E-state index contributed by atoms with van der Waals surface area (Å²) in [7, 11) is 0. The van der Waals surface area contributed by atoms with Crippen molar-refractivity contribution in [1.29, 1.82) is 0 Å². The average Bonchev–Trinajstić information content (AvgIpc) is 2.30. The molecule has 1 aromatic carbocycles. The van der Waals surface area contributed by atoms with E-state index in [1.165, 1.54) is 11.1 Å². The first-order chi connectivity index (χ1) is 7.68. The summed E-state index contributed by atoms with van der Waals surface area (Å²) in [5.41, 5.74) is 2.55. The maximum atomic E-state index is 5.88. The van der Waals surface area contributed by atoms with Crippen LogP contribution in [-0.4, -0.2) is 23.8 Å². The third-order valence-corrected chi connectivity index (χ3v) is 2.91. The van der Waals surface area contributed by atoms with Crippen molar-refractivity contribution in [3.05, 3.63) is 42.0 Å². The van der Waals surface area contributed by atoms with Crippen LogP contribution < -0.4 is 0 Å². The Hall–Kier alpha value is -1.12. The minimum Gasteiger partial charge on any atom is -0.291 e. The van der Waals surface area contributed by atoms with Gasteiger partial charge in [0, 0.05) is 12.6 Å². The van der Waals surface area contributed by atoms with Crippen LogP contribution >= 0.6 is 0 Å². The van der Waals surface area contributed by atoms with Crippen molar-refractivity contribution < 1.29 is 4.84 Å². The lowest BCUT2D eigenvalue weighted by Gasteiger charge is -2.33. The Kier molecular flexibility index (Phi) is 3.42. The fourth-order valence-electron chi connectivity index (χ4n) is 1.97. The van der Waals surface area contributed by atoms with E-state index in [9.17, 15) is 0 Å². The summed E-state index contributed by atoms with van der Waals surface area (Å²) in [6.07, 6.45) is 2.40. The highest BCUT2D eigenvalue weighted by Gasteiger charge is 2.22. The molecule has 1 heterocycles. The standard InChI is InChI=1S/C14H19NO/c1-11(2)15-10-9-14(12(3)16-15)13-7-5-4-6-8-13/h4-9,11-12H,10H2,1-3H3. The van der Waals surface area contributed by atoms with Gasteiger partial charge in [0.15, 0.2) is 0 Å². The van der Waals surface area contributed by atoms with Crippen molar-refractivity contribution in [2.24, 2.45) is 0 Å². The van der Waals surface area contributed by atoms with Gasteiger partial charge in [-0.1, -0.05) is 36.4 Å². The zero-order valence-corrected chi connectivity index (χ0v) is 10.2. The molecule has 1 aliphatic heterocycles. The van der Waals surface area contributed by atoms with Gasteiger partial charge in [-0.25, -0.2) is 0 Å². The predicted octanol–water partition coefficient (Wildman–Crippen LogP) is 3.11. The molecule has 0 saturated heterocycles. The largest absolute Gasteiger partial charge is 0.291 e. The highest BCUT2D eigenvalue weighted by Crippen LogP contribution is 2.25. The van der Waals surface area contributed by atoms with E-state index in [1.807, 2.05) is 11.1 Å². The van der Waals surface area contributed by atoms with Crippen LogP contribution in [0.4, 0.5) is 0 Å². The fraction of sp³-hybridized carbons (Fsp3) is 0.429. The van der Waals surface area contributed by atoms with E-state index < -0.39 is 0 Å². The molecule has 16 heavy (non-hydrogen) atoms. The Morgan fingerprint density at radius 2 is 1.94 bits per heavy atom. The van der Waals surface area contributed by atoms with Gasteiger partial charge in [-0.05, 0) is 31.9 Å². The highest BCUT2D eigenvalue weighted by molar-refractivity contribution is 5.69. The van der Waals surface area contributed by atoms with E-state index in [0.29, 0.717) is 6.04 Å². The molecular weight excluding hydrogens is 198 g/mol. The summed E-state index contributed by atoms with van der Waals surface area (Å²) in [6.45, 7) is 7.27. The monoisotopic (exact) mass is 217 g/mol. The minimum atomic E-state index is 0.138. The molecule has 0 bridgehead atoms. The Bertz CT molecular complexity index is 370. The Morgan fingerprint density at radius 3 is 2.50 bits per heavy atom. The number of hydrogen-bond donors (Lipinski definition) is 0. The SMILES string of the molecule is CC1ON(C(C)C)CC=C1c1ccccc1. The van der Waals surface area contributed by atoms with Crippen LogP contribution in [0, 0.1) is 0 Å². The van der Waals surface area contributed by atoms with Gasteiger partial charge in [0.05, 0.1) is 0 Å².